The lowest BCUT2D eigenvalue weighted by Crippen LogP contribution is -2.34. The molecule has 2 aromatic carbocycles. The molecule has 0 aliphatic rings. The van der Waals surface area contributed by atoms with Crippen LogP contribution in [0.1, 0.15) is 18.5 Å². The van der Waals surface area contributed by atoms with E-state index < -0.39 is 0 Å². The summed E-state index contributed by atoms with van der Waals surface area (Å²) in [5, 5.41) is 2.74. The standard InChI is InChI=1S/C16H18FN3O/c1-11(14-8-3-4-9-15(14)17)20(2)16(21)19-13-7-5-6-12(18)10-13/h3-11H,18H2,1-2H3,(H,19,21). The van der Waals surface area contributed by atoms with E-state index in [0.29, 0.717) is 16.9 Å². The van der Waals surface area contributed by atoms with Crippen LogP contribution in [0.15, 0.2) is 48.5 Å². The Balaban J connectivity index is 2.10. The van der Waals surface area contributed by atoms with Crippen molar-refractivity contribution in [1.82, 2.24) is 4.90 Å². The smallest absolute Gasteiger partial charge is 0.322 e. The van der Waals surface area contributed by atoms with Crippen LogP contribution in [0, 0.1) is 5.82 Å². The number of halogens is 1. The molecule has 21 heavy (non-hydrogen) atoms. The number of nitrogen functional groups attached to an aromatic ring is 1. The lowest BCUT2D eigenvalue weighted by atomic mass is 10.1. The number of nitrogens with one attached hydrogen (secondary N) is 1. The number of nitrogens with two attached hydrogens (primary N) is 1. The minimum Gasteiger partial charge on any atom is -0.399 e. The van der Waals surface area contributed by atoms with Gasteiger partial charge in [-0.2, -0.15) is 0 Å². The fourth-order valence-corrected chi connectivity index (χ4v) is 2.03. The number of hydrogen-bond donors (Lipinski definition) is 2. The Morgan fingerprint density at radius 1 is 1.24 bits per heavy atom. The van der Waals surface area contributed by atoms with Gasteiger partial charge in [-0.05, 0) is 31.2 Å². The van der Waals surface area contributed by atoms with E-state index in [9.17, 15) is 9.18 Å². The SMILES string of the molecule is CC(c1ccccc1F)N(C)C(=O)Nc1cccc(N)c1. The molecule has 5 heteroatoms. The van der Waals surface area contributed by atoms with Gasteiger partial charge in [0.25, 0.3) is 0 Å². The molecule has 1 atom stereocenters. The van der Waals surface area contributed by atoms with E-state index in [1.54, 1.807) is 56.4 Å². The van der Waals surface area contributed by atoms with Gasteiger partial charge in [0, 0.05) is 24.0 Å². The first kappa shape index (κ1) is 14.8. The highest BCUT2D eigenvalue weighted by molar-refractivity contribution is 5.89. The Labute approximate surface area is 123 Å². The van der Waals surface area contributed by atoms with E-state index in [2.05, 4.69) is 5.32 Å². The lowest BCUT2D eigenvalue weighted by Gasteiger charge is -2.26. The summed E-state index contributed by atoms with van der Waals surface area (Å²) in [5.74, 6) is -0.325. The molecule has 0 heterocycles. The predicted octanol–water partition coefficient (Wildman–Crippen LogP) is 3.63. The summed E-state index contributed by atoms with van der Waals surface area (Å²) < 4.78 is 13.8. The molecule has 2 aromatic rings. The molecule has 3 N–H and O–H groups in total. The largest absolute Gasteiger partial charge is 0.399 e. The van der Waals surface area contributed by atoms with Crippen molar-refractivity contribution in [2.75, 3.05) is 18.1 Å². The second-order valence-corrected chi connectivity index (χ2v) is 4.86. The van der Waals surface area contributed by atoms with Crippen molar-refractivity contribution in [3.05, 3.63) is 59.9 Å². The second kappa shape index (κ2) is 6.26. The summed E-state index contributed by atoms with van der Waals surface area (Å²) >= 11 is 0. The van der Waals surface area contributed by atoms with Crippen molar-refractivity contribution in [2.45, 2.75) is 13.0 Å². The molecule has 0 aliphatic carbocycles. The van der Waals surface area contributed by atoms with E-state index >= 15 is 0 Å². The van der Waals surface area contributed by atoms with Crippen molar-refractivity contribution in [3.8, 4) is 0 Å². The van der Waals surface area contributed by atoms with Crippen LogP contribution >= 0.6 is 0 Å². The normalized spacial score (nSPS) is 11.8. The highest BCUT2D eigenvalue weighted by Crippen LogP contribution is 2.22. The molecular weight excluding hydrogens is 269 g/mol. The molecule has 0 bridgehead atoms. The zero-order valence-corrected chi connectivity index (χ0v) is 12.0. The zero-order valence-electron chi connectivity index (χ0n) is 12.0. The van der Waals surface area contributed by atoms with Crippen LogP contribution in [-0.4, -0.2) is 18.0 Å². The van der Waals surface area contributed by atoms with Crippen LogP contribution in [-0.2, 0) is 0 Å². The van der Waals surface area contributed by atoms with Gasteiger partial charge in [-0.1, -0.05) is 24.3 Å². The Kier molecular flexibility index (Phi) is 4.42. The highest BCUT2D eigenvalue weighted by Gasteiger charge is 2.19. The molecule has 0 saturated heterocycles. The van der Waals surface area contributed by atoms with Gasteiger partial charge in [-0.15, -0.1) is 0 Å². The minimum absolute atomic E-state index is 0.323. The topological polar surface area (TPSA) is 58.4 Å². The number of amides is 2. The van der Waals surface area contributed by atoms with Crippen LogP contribution in [0.3, 0.4) is 0 Å². The zero-order chi connectivity index (χ0) is 15.4. The van der Waals surface area contributed by atoms with Gasteiger partial charge in [0.2, 0.25) is 0 Å². The van der Waals surface area contributed by atoms with E-state index in [1.165, 1.54) is 11.0 Å². The highest BCUT2D eigenvalue weighted by atomic mass is 19.1. The summed E-state index contributed by atoms with van der Waals surface area (Å²) in [6.07, 6.45) is 0. The first-order valence-electron chi connectivity index (χ1n) is 6.63. The molecule has 0 fully saturated rings. The third-order valence-electron chi connectivity index (χ3n) is 3.39. The van der Waals surface area contributed by atoms with Gasteiger partial charge in [0.1, 0.15) is 5.82 Å². The molecular formula is C16H18FN3O. The minimum atomic E-state index is -0.382. The molecule has 110 valence electrons. The van der Waals surface area contributed by atoms with Crippen LogP contribution < -0.4 is 11.1 Å². The average molecular weight is 287 g/mol. The van der Waals surface area contributed by atoms with Gasteiger partial charge in [0.15, 0.2) is 0 Å². The van der Waals surface area contributed by atoms with E-state index in [-0.39, 0.29) is 17.9 Å². The molecule has 0 aliphatic heterocycles. The lowest BCUT2D eigenvalue weighted by molar-refractivity contribution is 0.207. The predicted molar refractivity (Wildman–Crippen MR) is 82.5 cm³/mol. The first-order valence-corrected chi connectivity index (χ1v) is 6.63. The summed E-state index contributed by atoms with van der Waals surface area (Å²) in [6.45, 7) is 1.78. The number of carbonyl (C=O) groups excluding carboxylic acids is 1. The van der Waals surface area contributed by atoms with Crippen LogP contribution in [0.2, 0.25) is 0 Å². The number of urea groups is 1. The van der Waals surface area contributed by atoms with Crippen molar-refractivity contribution in [2.24, 2.45) is 0 Å². The molecule has 0 radical (unpaired) electrons. The van der Waals surface area contributed by atoms with Gasteiger partial charge in [-0.25, -0.2) is 9.18 Å². The summed E-state index contributed by atoms with van der Waals surface area (Å²) in [5.41, 5.74) is 7.31. The number of anilines is 2. The Hall–Kier alpha value is -2.56. The molecule has 4 nitrogen and oxygen atoms in total. The quantitative estimate of drug-likeness (QED) is 0.847. The van der Waals surface area contributed by atoms with Crippen LogP contribution in [0.25, 0.3) is 0 Å². The fourth-order valence-electron chi connectivity index (χ4n) is 2.03. The summed E-state index contributed by atoms with van der Waals surface area (Å²) in [6, 6.07) is 12.6. The van der Waals surface area contributed by atoms with Crippen molar-refractivity contribution < 1.29 is 9.18 Å². The third kappa shape index (κ3) is 3.51. The van der Waals surface area contributed by atoms with Crippen molar-refractivity contribution in [3.63, 3.8) is 0 Å². The number of hydrogen-bond acceptors (Lipinski definition) is 2. The Morgan fingerprint density at radius 3 is 2.62 bits per heavy atom. The Morgan fingerprint density at radius 2 is 1.95 bits per heavy atom. The van der Waals surface area contributed by atoms with E-state index in [1.807, 2.05) is 0 Å². The summed E-state index contributed by atoms with van der Waals surface area (Å²) in [4.78, 5) is 13.6. The maximum Gasteiger partial charge on any atom is 0.322 e. The summed E-state index contributed by atoms with van der Waals surface area (Å²) in [7, 11) is 1.62. The van der Waals surface area contributed by atoms with Gasteiger partial charge < -0.3 is 16.0 Å². The third-order valence-corrected chi connectivity index (χ3v) is 3.39. The van der Waals surface area contributed by atoms with Crippen LogP contribution in [0.5, 0.6) is 0 Å². The molecule has 2 amide bonds. The van der Waals surface area contributed by atoms with Crippen LogP contribution in [0.4, 0.5) is 20.6 Å². The first-order chi connectivity index (χ1) is 9.99. The Bertz CT molecular complexity index is 645. The maximum absolute atomic E-state index is 13.8. The number of benzene rings is 2. The monoisotopic (exact) mass is 287 g/mol. The van der Waals surface area contributed by atoms with Crippen molar-refractivity contribution in [1.29, 1.82) is 0 Å². The average Bonchev–Trinajstić information content (AvgIpc) is 2.46. The van der Waals surface area contributed by atoms with Gasteiger partial charge in [0.05, 0.1) is 6.04 Å². The fraction of sp³-hybridized carbons (Fsp3) is 0.188. The van der Waals surface area contributed by atoms with Gasteiger partial charge in [-0.3, -0.25) is 0 Å². The number of rotatable bonds is 3. The molecule has 0 aromatic heterocycles. The maximum atomic E-state index is 13.8. The second-order valence-electron chi connectivity index (χ2n) is 4.86. The molecule has 0 spiro atoms. The number of carbonyl (C=O) groups is 1. The van der Waals surface area contributed by atoms with E-state index in [4.69, 9.17) is 5.73 Å². The van der Waals surface area contributed by atoms with Gasteiger partial charge >= 0.3 is 6.03 Å². The molecule has 0 saturated carbocycles. The molecule has 2 rings (SSSR count). The number of nitrogens with zero attached hydrogens (tertiary/aromatic N) is 1. The van der Waals surface area contributed by atoms with Crippen molar-refractivity contribution >= 4 is 17.4 Å². The molecule has 1 unspecified atom stereocenters. The van der Waals surface area contributed by atoms with E-state index in [0.717, 1.165) is 0 Å².